The lowest BCUT2D eigenvalue weighted by Gasteiger charge is -2.22. The first-order valence-electron chi connectivity index (χ1n) is 6.75. The molecule has 7 nitrogen and oxygen atoms in total. The first-order chi connectivity index (χ1) is 9.20. The molecule has 0 spiro atoms. The van der Waals surface area contributed by atoms with E-state index in [9.17, 15) is 4.79 Å². The lowest BCUT2D eigenvalue weighted by molar-refractivity contribution is 0.0929. The average molecular weight is 267 g/mol. The maximum Gasteiger partial charge on any atom is 0.273 e. The van der Waals surface area contributed by atoms with Crippen molar-refractivity contribution < 1.29 is 9.90 Å². The first-order valence-corrected chi connectivity index (χ1v) is 6.75. The molecular formula is C12H21N5O2. The van der Waals surface area contributed by atoms with Crippen molar-refractivity contribution in [3.63, 3.8) is 0 Å². The fourth-order valence-electron chi connectivity index (χ4n) is 2.19. The monoisotopic (exact) mass is 267 g/mol. The molecule has 19 heavy (non-hydrogen) atoms. The van der Waals surface area contributed by atoms with Crippen LogP contribution >= 0.6 is 0 Å². The normalized spacial score (nSPS) is 18.2. The SMILES string of the molecule is CC(CCO)NC(=O)c1cn(C2CCNCC2)nn1. The second-order valence-electron chi connectivity index (χ2n) is 4.95. The number of rotatable bonds is 5. The van der Waals surface area contributed by atoms with E-state index < -0.39 is 0 Å². The van der Waals surface area contributed by atoms with Crippen LogP contribution in [0.4, 0.5) is 0 Å². The van der Waals surface area contributed by atoms with Crippen molar-refractivity contribution in [3.05, 3.63) is 11.9 Å². The van der Waals surface area contributed by atoms with Gasteiger partial charge in [0, 0.05) is 12.6 Å². The minimum Gasteiger partial charge on any atom is -0.396 e. The summed E-state index contributed by atoms with van der Waals surface area (Å²) < 4.78 is 1.78. The maximum absolute atomic E-state index is 11.9. The highest BCUT2D eigenvalue weighted by Crippen LogP contribution is 2.16. The van der Waals surface area contributed by atoms with Crippen molar-refractivity contribution in [3.8, 4) is 0 Å². The Bertz CT molecular complexity index is 414. The number of hydrogen-bond acceptors (Lipinski definition) is 5. The summed E-state index contributed by atoms with van der Waals surface area (Å²) in [6, 6.07) is 0.256. The third kappa shape index (κ3) is 3.74. The summed E-state index contributed by atoms with van der Waals surface area (Å²) in [4.78, 5) is 11.9. The number of amides is 1. The molecule has 1 aromatic rings. The van der Waals surface area contributed by atoms with Gasteiger partial charge in [0.1, 0.15) is 0 Å². The molecule has 1 unspecified atom stereocenters. The number of aliphatic hydroxyl groups is 1. The summed E-state index contributed by atoms with van der Waals surface area (Å²) in [7, 11) is 0. The fourth-order valence-corrected chi connectivity index (χ4v) is 2.19. The summed E-state index contributed by atoms with van der Waals surface area (Å²) in [6.45, 7) is 3.85. The molecule has 3 N–H and O–H groups in total. The van der Waals surface area contributed by atoms with Crippen LogP contribution < -0.4 is 10.6 Å². The van der Waals surface area contributed by atoms with Gasteiger partial charge in [-0.15, -0.1) is 5.10 Å². The summed E-state index contributed by atoms with van der Waals surface area (Å²) in [6.07, 6.45) is 4.25. The number of hydrogen-bond donors (Lipinski definition) is 3. The predicted molar refractivity (Wildman–Crippen MR) is 69.8 cm³/mol. The van der Waals surface area contributed by atoms with Gasteiger partial charge in [0.2, 0.25) is 0 Å². The van der Waals surface area contributed by atoms with Gasteiger partial charge in [-0.25, -0.2) is 4.68 Å². The van der Waals surface area contributed by atoms with Crippen LogP contribution in [0.15, 0.2) is 6.20 Å². The number of aromatic nitrogens is 3. The molecular weight excluding hydrogens is 246 g/mol. The van der Waals surface area contributed by atoms with Crippen LogP contribution in [0, 0.1) is 0 Å². The summed E-state index contributed by atoms with van der Waals surface area (Å²) in [5, 5.41) is 22.8. The summed E-state index contributed by atoms with van der Waals surface area (Å²) in [5.74, 6) is -0.235. The number of piperidine rings is 1. The van der Waals surface area contributed by atoms with E-state index >= 15 is 0 Å². The Morgan fingerprint density at radius 1 is 1.63 bits per heavy atom. The van der Waals surface area contributed by atoms with Gasteiger partial charge >= 0.3 is 0 Å². The summed E-state index contributed by atoms with van der Waals surface area (Å²) >= 11 is 0. The van der Waals surface area contributed by atoms with Crippen LogP contribution in [0.5, 0.6) is 0 Å². The fraction of sp³-hybridized carbons (Fsp3) is 0.750. The first kappa shape index (κ1) is 14.0. The Balaban J connectivity index is 1.94. The smallest absolute Gasteiger partial charge is 0.273 e. The van der Waals surface area contributed by atoms with Crippen LogP contribution in [0.3, 0.4) is 0 Å². The zero-order valence-electron chi connectivity index (χ0n) is 11.2. The van der Waals surface area contributed by atoms with Crippen LogP contribution in [0.25, 0.3) is 0 Å². The van der Waals surface area contributed by atoms with E-state index in [2.05, 4.69) is 20.9 Å². The highest BCUT2D eigenvalue weighted by Gasteiger charge is 2.19. The molecule has 0 bridgehead atoms. The van der Waals surface area contributed by atoms with Crippen LogP contribution in [0.1, 0.15) is 42.7 Å². The Labute approximate surface area is 112 Å². The molecule has 1 amide bonds. The highest BCUT2D eigenvalue weighted by atomic mass is 16.3. The lowest BCUT2D eigenvalue weighted by Crippen LogP contribution is -2.33. The van der Waals surface area contributed by atoms with E-state index in [1.54, 1.807) is 10.9 Å². The van der Waals surface area contributed by atoms with E-state index in [1.807, 2.05) is 6.92 Å². The largest absolute Gasteiger partial charge is 0.396 e. The van der Waals surface area contributed by atoms with Gasteiger partial charge < -0.3 is 15.7 Å². The van der Waals surface area contributed by atoms with Crippen LogP contribution in [0.2, 0.25) is 0 Å². The molecule has 1 saturated heterocycles. The number of nitrogens with one attached hydrogen (secondary N) is 2. The molecule has 0 saturated carbocycles. The Kier molecular flexibility index (Phi) is 4.86. The average Bonchev–Trinajstić information content (AvgIpc) is 2.89. The molecule has 1 aliphatic heterocycles. The number of carbonyl (C=O) groups excluding carboxylic acids is 1. The minimum atomic E-state index is -0.235. The molecule has 1 atom stereocenters. The molecule has 2 rings (SSSR count). The van der Waals surface area contributed by atoms with Gasteiger partial charge in [-0.3, -0.25) is 4.79 Å². The molecule has 1 aliphatic rings. The van der Waals surface area contributed by atoms with Crippen LogP contribution in [-0.2, 0) is 0 Å². The Hall–Kier alpha value is -1.47. The molecule has 1 fully saturated rings. The van der Waals surface area contributed by atoms with E-state index in [-0.39, 0.29) is 18.6 Å². The Morgan fingerprint density at radius 2 is 2.37 bits per heavy atom. The number of nitrogens with zero attached hydrogens (tertiary/aromatic N) is 3. The molecule has 0 aliphatic carbocycles. The van der Waals surface area contributed by atoms with Gasteiger partial charge in [-0.2, -0.15) is 0 Å². The van der Waals surface area contributed by atoms with Gasteiger partial charge in [-0.1, -0.05) is 5.21 Å². The van der Waals surface area contributed by atoms with Crippen molar-refractivity contribution in [2.75, 3.05) is 19.7 Å². The van der Waals surface area contributed by atoms with Crippen molar-refractivity contribution in [1.82, 2.24) is 25.6 Å². The third-order valence-electron chi connectivity index (χ3n) is 3.37. The van der Waals surface area contributed by atoms with E-state index in [1.165, 1.54) is 0 Å². The quantitative estimate of drug-likeness (QED) is 0.681. The van der Waals surface area contributed by atoms with Crippen molar-refractivity contribution in [2.45, 2.75) is 38.3 Å². The minimum absolute atomic E-state index is 0.0587. The topological polar surface area (TPSA) is 92.1 Å². The van der Waals surface area contributed by atoms with E-state index in [4.69, 9.17) is 5.11 Å². The predicted octanol–water partition coefficient (Wildman–Crippen LogP) is -0.297. The van der Waals surface area contributed by atoms with Gasteiger partial charge in [0.15, 0.2) is 5.69 Å². The van der Waals surface area contributed by atoms with E-state index in [0.717, 1.165) is 25.9 Å². The number of aliphatic hydroxyl groups excluding tert-OH is 1. The Morgan fingerprint density at radius 3 is 3.05 bits per heavy atom. The van der Waals surface area contributed by atoms with Crippen molar-refractivity contribution in [1.29, 1.82) is 0 Å². The van der Waals surface area contributed by atoms with Crippen molar-refractivity contribution in [2.24, 2.45) is 0 Å². The summed E-state index contributed by atoms with van der Waals surface area (Å²) in [5.41, 5.74) is 0.336. The zero-order valence-corrected chi connectivity index (χ0v) is 11.2. The van der Waals surface area contributed by atoms with Crippen LogP contribution in [-0.4, -0.2) is 51.7 Å². The maximum atomic E-state index is 11.9. The third-order valence-corrected chi connectivity index (χ3v) is 3.37. The molecule has 106 valence electrons. The zero-order chi connectivity index (χ0) is 13.7. The standard InChI is InChI=1S/C12H21N5O2/c1-9(4-7-18)14-12(19)11-8-17(16-15-11)10-2-5-13-6-3-10/h8-10,13,18H,2-7H2,1H3,(H,14,19). The second kappa shape index (κ2) is 6.63. The van der Waals surface area contributed by atoms with Gasteiger partial charge in [-0.05, 0) is 39.3 Å². The molecule has 2 heterocycles. The number of carbonyl (C=O) groups is 1. The highest BCUT2D eigenvalue weighted by molar-refractivity contribution is 5.92. The van der Waals surface area contributed by atoms with E-state index in [0.29, 0.717) is 18.2 Å². The molecule has 1 aromatic heterocycles. The molecule has 0 aromatic carbocycles. The van der Waals surface area contributed by atoms with Gasteiger partial charge in [0.05, 0.1) is 12.2 Å². The molecule has 0 radical (unpaired) electrons. The van der Waals surface area contributed by atoms with Crippen molar-refractivity contribution >= 4 is 5.91 Å². The molecule has 7 heteroatoms. The lowest BCUT2D eigenvalue weighted by atomic mass is 10.1. The van der Waals surface area contributed by atoms with Gasteiger partial charge in [0.25, 0.3) is 5.91 Å². The second-order valence-corrected chi connectivity index (χ2v) is 4.95.